The number of aryl methyl sites for hydroxylation is 1. The monoisotopic (exact) mass is 232 g/mol. The molecule has 1 aromatic carbocycles. The molecule has 0 spiro atoms. The summed E-state index contributed by atoms with van der Waals surface area (Å²) in [5.41, 5.74) is 2.57. The van der Waals surface area contributed by atoms with Gasteiger partial charge in [-0.3, -0.25) is 0 Å². The average Bonchev–Trinajstić information content (AvgIpc) is 2.75. The van der Waals surface area contributed by atoms with Crippen molar-refractivity contribution in [3.8, 4) is 10.4 Å². The number of rotatable bonds is 4. The van der Waals surface area contributed by atoms with Crippen molar-refractivity contribution in [3.63, 3.8) is 0 Å². The Morgan fingerprint density at radius 1 is 1.38 bits per heavy atom. The lowest BCUT2D eigenvalue weighted by atomic mass is 10.1. The molecule has 0 saturated carbocycles. The molecule has 1 N–H and O–H groups in total. The van der Waals surface area contributed by atoms with Crippen LogP contribution in [0.4, 0.5) is 0 Å². The van der Waals surface area contributed by atoms with Crippen LogP contribution in [0.3, 0.4) is 0 Å². The molecule has 2 aromatic rings. The second kappa shape index (κ2) is 5.23. The van der Waals surface area contributed by atoms with Crippen molar-refractivity contribution in [1.82, 2.24) is 10.3 Å². The van der Waals surface area contributed by atoms with E-state index in [0.29, 0.717) is 0 Å². The zero-order valence-electron chi connectivity index (χ0n) is 9.66. The Morgan fingerprint density at radius 3 is 3.00 bits per heavy atom. The smallest absolute Gasteiger partial charge is 0.0943 e. The van der Waals surface area contributed by atoms with Crippen LogP contribution in [0.2, 0.25) is 0 Å². The van der Waals surface area contributed by atoms with Gasteiger partial charge in [-0.25, -0.2) is 4.98 Å². The standard InChI is InChI=1S/C13H16N2S/c1-10-4-3-5-11(8-10)12-9-15-13(16-12)6-7-14-2/h3-5,8-9,14H,6-7H2,1-2H3. The van der Waals surface area contributed by atoms with Crippen LogP contribution in [0.25, 0.3) is 10.4 Å². The molecule has 1 heterocycles. The van der Waals surface area contributed by atoms with Crippen molar-refractivity contribution in [1.29, 1.82) is 0 Å². The van der Waals surface area contributed by atoms with Crippen LogP contribution in [0.5, 0.6) is 0 Å². The van der Waals surface area contributed by atoms with Crippen LogP contribution < -0.4 is 5.32 Å². The first-order chi connectivity index (χ1) is 7.79. The predicted octanol–water partition coefficient (Wildman–Crippen LogP) is 2.88. The number of likely N-dealkylation sites (N-methyl/N-ethyl adjacent to an activating group) is 1. The van der Waals surface area contributed by atoms with E-state index in [1.54, 1.807) is 11.3 Å². The third-order valence-electron chi connectivity index (χ3n) is 2.45. The summed E-state index contributed by atoms with van der Waals surface area (Å²) in [5, 5.41) is 4.34. The lowest BCUT2D eigenvalue weighted by Crippen LogP contribution is -2.09. The fourth-order valence-corrected chi connectivity index (χ4v) is 2.50. The van der Waals surface area contributed by atoms with Gasteiger partial charge in [-0.2, -0.15) is 0 Å². The summed E-state index contributed by atoms with van der Waals surface area (Å²) in [7, 11) is 1.97. The van der Waals surface area contributed by atoms with E-state index in [4.69, 9.17) is 0 Å². The number of benzene rings is 1. The molecule has 0 amide bonds. The summed E-state index contributed by atoms with van der Waals surface area (Å²) >= 11 is 1.78. The van der Waals surface area contributed by atoms with E-state index in [9.17, 15) is 0 Å². The first-order valence-corrected chi connectivity index (χ1v) is 6.27. The Kier molecular flexibility index (Phi) is 3.70. The van der Waals surface area contributed by atoms with Crippen LogP contribution in [0, 0.1) is 6.92 Å². The van der Waals surface area contributed by atoms with Gasteiger partial charge in [-0.1, -0.05) is 29.8 Å². The van der Waals surface area contributed by atoms with E-state index in [1.165, 1.54) is 21.0 Å². The molecule has 0 aliphatic heterocycles. The van der Waals surface area contributed by atoms with E-state index >= 15 is 0 Å². The molecule has 0 unspecified atom stereocenters. The highest BCUT2D eigenvalue weighted by atomic mass is 32.1. The Balaban J connectivity index is 2.18. The summed E-state index contributed by atoms with van der Waals surface area (Å²) in [5.74, 6) is 0. The van der Waals surface area contributed by atoms with Gasteiger partial charge in [0.2, 0.25) is 0 Å². The van der Waals surface area contributed by atoms with E-state index < -0.39 is 0 Å². The number of nitrogens with one attached hydrogen (secondary N) is 1. The Labute approximate surface area is 100 Å². The highest BCUT2D eigenvalue weighted by molar-refractivity contribution is 7.15. The molecular weight excluding hydrogens is 216 g/mol. The molecule has 16 heavy (non-hydrogen) atoms. The number of hydrogen-bond acceptors (Lipinski definition) is 3. The van der Waals surface area contributed by atoms with Crippen LogP contribution in [0.1, 0.15) is 10.6 Å². The van der Waals surface area contributed by atoms with Gasteiger partial charge in [0.05, 0.1) is 9.88 Å². The molecule has 0 fully saturated rings. The number of hydrogen-bond donors (Lipinski definition) is 1. The third kappa shape index (κ3) is 2.68. The molecular formula is C13H16N2S. The molecule has 0 atom stereocenters. The Hall–Kier alpha value is -1.19. The molecule has 3 heteroatoms. The zero-order valence-corrected chi connectivity index (χ0v) is 10.5. The second-order valence-electron chi connectivity index (χ2n) is 3.84. The molecule has 2 rings (SSSR count). The molecule has 2 nitrogen and oxygen atoms in total. The van der Waals surface area contributed by atoms with E-state index in [1.807, 2.05) is 13.2 Å². The van der Waals surface area contributed by atoms with Gasteiger partial charge in [0.15, 0.2) is 0 Å². The highest BCUT2D eigenvalue weighted by Crippen LogP contribution is 2.26. The lowest BCUT2D eigenvalue weighted by molar-refractivity contribution is 0.787. The fraction of sp³-hybridized carbons (Fsp3) is 0.308. The van der Waals surface area contributed by atoms with Gasteiger partial charge in [-0.15, -0.1) is 11.3 Å². The van der Waals surface area contributed by atoms with Crippen LogP contribution >= 0.6 is 11.3 Å². The highest BCUT2D eigenvalue weighted by Gasteiger charge is 2.03. The van der Waals surface area contributed by atoms with Crippen molar-refractivity contribution in [3.05, 3.63) is 41.0 Å². The quantitative estimate of drug-likeness (QED) is 0.876. The van der Waals surface area contributed by atoms with Crippen LogP contribution in [0.15, 0.2) is 30.5 Å². The van der Waals surface area contributed by atoms with Gasteiger partial charge in [0.25, 0.3) is 0 Å². The van der Waals surface area contributed by atoms with Gasteiger partial charge in [0, 0.05) is 19.2 Å². The topological polar surface area (TPSA) is 24.9 Å². The first kappa shape index (κ1) is 11.3. The maximum absolute atomic E-state index is 4.44. The maximum Gasteiger partial charge on any atom is 0.0943 e. The van der Waals surface area contributed by atoms with E-state index in [2.05, 4.69) is 41.5 Å². The van der Waals surface area contributed by atoms with Crippen LogP contribution in [-0.4, -0.2) is 18.6 Å². The van der Waals surface area contributed by atoms with Gasteiger partial charge < -0.3 is 5.32 Å². The summed E-state index contributed by atoms with van der Waals surface area (Å²) in [6.45, 7) is 3.10. The summed E-state index contributed by atoms with van der Waals surface area (Å²) in [4.78, 5) is 5.70. The molecule has 1 aromatic heterocycles. The van der Waals surface area contributed by atoms with Crippen molar-refractivity contribution < 1.29 is 0 Å². The van der Waals surface area contributed by atoms with Crippen molar-refractivity contribution >= 4 is 11.3 Å². The summed E-state index contributed by atoms with van der Waals surface area (Å²) < 4.78 is 0. The third-order valence-corrected chi connectivity index (χ3v) is 3.55. The summed E-state index contributed by atoms with van der Waals surface area (Å²) in [6, 6.07) is 8.56. The van der Waals surface area contributed by atoms with Crippen molar-refractivity contribution in [2.24, 2.45) is 0 Å². The fourth-order valence-electron chi connectivity index (χ4n) is 1.59. The number of thiazole rings is 1. The molecule has 0 saturated heterocycles. The SMILES string of the molecule is CNCCc1ncc(-c2cccc(C)c2)s1. The maximum atomic E-state index is 4.44. The van der Waals surface area contributed by atoms with Crippen molar-refractivity contribution in [2.45, 2.75) is 13.3 Å². The molecule has 0 radical (unpaired) electrons. The minimum Gasteiger partial charge on any atom is -0.319 e. The van der Waals surface area contributed by atoms with Crippen molar-refractivity contribution in [2.75, 3.05) is 13.6 Å². The van der Waals surface area contributed by atoms with Gasteiger partial charge in [0.1, 0.15) is 0 Å². The number of nitrogens with zero attached hydrogens (tertiary/aromatic N) is 1. The number of aromatic nitrogens is 1. The minimum absolute atomic E-state index is 0.987. The minimum atomic E-state index is 0.987. The van der Waals surface area contributed by atoms with Gasteiger partial charge in [-0.05, 0) is 19.5 Å². The molecule has 84 valence electrons. The Bertz CT molecular complexity index is 462. The summed E-state index contributed by atoms with van der Waals surface area (Å²) in [6.07, 6.45) is 2.98. The molecule has 0 bridgehead atoms. The predicted molar refractivity (Wildman–Crippen MR) is 69.9 cm³/mol. The van der Waals surface area contributed by atoms with E-state index in [-0.39, 0.29) is 0 Å². The largest absolute Gasteiger partial charge is 0.319 e. The van der Waals surface area contributed by atoms with Gasteiger partial charge >= 0.3 is 0 Å². The lowest BCUT2D eigenvalue weighted by Gasteiger charge is -1.97. The van der Waals surface area contributed by atoms with E-state index in [0.717, 1.165) is 13.0 Å². The average molecular weight is 232 g/mol. The molecule has 0 aliphatic carbocycles. The van der Waals surface area contributed by atoms with Crippen LogP contribution in [-0.2, 0) is 6.42 Å². The Morgan fingerprint density at radius 2 is 2.25 bits per heavy atom. The normalized spacial score (nSPS) is 10.6. The molecule has 0 aliphatic rings. The zero-order chi connectivity index (χ0) is 11.4. The second-order valence-corrected chi connectivity index (χ2v) is 4.96. The first-order valence-electron chi connectivity index (χ1n) is 5.46.